The first-order valence-electron chi connectivity index (χ1n) is 6.85. The molecule has 2 rings (SSSR count). The summed E-state index contributed by atoms with van der Waals surface area (Å²) in [6, 6.07) is 4.46. The third-order valence-corrected chi connectivity index (χ3v) is 4.72. The highest BCUT2D eigenvalue weighted by atomic mass is 32.2. The highest BCUT2D eigenvalue weighted by Crippen LogP contribution is 2.25. The number of amides is 1. The van der Waals surface area contributed by atoms with E-state index in [1.165, 1.54) is 18.6 Å². The SMILES string of the molecule is CCc1ccc(S(N)(=O)=O)cc1C(=O)NCC1CCC1. The maximum absolute atomic E-state index is 12.2. The summed E-state index contributed by atoms with van der Waals surface area (Å²) in [5.74, 6) is 0.338. The Morgan fingerprint density at radius 2 is 2.10 bits per heavy atom. The van der Waals surface area contributed by atoms with Gasteiger partial charge in [-0.25, -0.2) is 13.6 Å². The fourth-order valence-electron chi connectivity index (χ4n) is 2.28. The molecule has 20 heavy (non-hydrogen) atoms. The topological polar surface area (TPSA) is 89.3 Å². The van der Waals surface area contributed by atoms with Crippen LogP contribution in [0.2, 0.25) is 0 Å². The monoisotopic (exact) mass is 296 g/mol. The molecule has 0 heterocycles. The minimum Gasteiger partial charge on any atom is -0.352 e. The molecule has 0 saturated heterocycles. The van der Waals surface area contributed by atoms with Crippen LogP contribution in [0.3, 0.4) is 0 Å². The van der Waals surface area contributed by atoms with E-state index in [0.29, 0.717) is 24.4 Å². The molecule has 1 saturated carbocycles. The number of benzene rings is 1. The molecule has 110 valence electrons. The molecule has 1 amide bonds. The Morgan fingerprint density at radius 1 is 1.40 bits per heavy atom. The second-order valence-corrected chi connectivity index (χ2v) is 6.79. The predicted molar refractivity (Wildman–Crippen MR) is 76.9 cm³/mol. The molecule has 5 nitrogen and oxygen atoms in total. The fraction of sp³-hybridized carbons (Fsp3) is 0.500. The third-order valence-electron chi connectivity index (χ3n) is 3.81. The number of aryl methyl sites for hydroxylation is 1. The van der Waals surface area contributed by atoms with Gasteiger partial charge in [-0.2, -0.15) is 0 Å². The van der Waals surface area contributed by atoms with Gasteiger partial charge in [0.1, 0.15) is 0 Å². The first-order valence-corrected chi connectivity index (χ1v) is 8.40. The van der Waals surface area contributed by atoms with E-state index < -0.39 is 10.0 Å². The van der Waals surface area contributed by atoms with E-state index in [4.69, 9.17) is 5.14 Å². The fourth-order valence-corrected chi connectivity index (χ4v) is 2.82. The number of sulfonamides is 1. The number of carbonyl (C=O) groups excluding carboxylic acids is 1. The summed E-state index contributed by atoms with van der Waals surface area (Å²) in [6.07, 6.45) is 4.19. The number of hydrogen-bond donors (Lipinski definition) is 2. The van der Waals surface area contributed by atoms with E-state index in [1.807, 2.05) is 6.92 Å². The third kappa shape index (κ3) is 3.37. The van der Waals surface area contributed by atoms with Crippen molar-refractivity contribution in [1.29, 1.82) is 0 Å². The van der Waals surface area contributed by atoms with Crippen molar-refractivity contribution < 1.29 is 13.2 Å². The molecule has 0 atom stereocenters. The van der Waals surface area contributed by atoms with Gasteiger partial charge < -0.3 is 5.32 Å². The molecule has 0 radical (unpaired) electrons. The van der Waals surface area contributed by atoms with Gasteiger partial charge in [-0.1, -0.05) is 19.4 Å². The zero-order chi connectivity index (χ0) is 14.8. The van der Waals surface area contributed by atoms with Gasteiger partial charge in [0.15, 0.2) is 0 Å². The molecule has 0 aromatic heterocycles. The summed E-state index contributed by atoms with van der Waals surface area (Å²) >= 11 is 0. The van der Waals surface area contributed by atoms with Gasteiger partial charge >= 0.3 is 0 Å². The Labute approximate surface area is 119 Å². The lowest BCUT2D eigenvalue weighted by molar-refractivity contribution is 0.0938. The average Bonchev–Trinajstić information content (AvgIpc) is 2.34. The first-order chi connectivity index (χ1) is 9.41. The van der Waals surface area contributed by atoms with Gasteiger partial charge in [0.2, 0.25) is 10.0 Å². The Hall–Kier alpha value is -1.40. The molecule has 1 aromatic carbocycles. The molecule has 3 N–H and O–H groups in total. The maximum atomic E-state index is 12.2. The predicted octanol–water partition coefficient (Wildman–Crippen LogP) is 1.43. The zero-order valence-electron chi connectivity index (χ0n) is 11.6. The molecule has 1 aliphatic rings. The van der Waals surface area contributed by atoms with Crippen molar-refractivity contribution >= 4 is 15.9 Å². The molecule has 0 spiro atoms. The van der Waals surface area contributed by atoms with Gasteiger partial charge in [-0.05, 0) is 42.9 Å². The average molecular weight is 296 g/mol. The van der Waals surface area contributed by atoms with Crippen molar-refractivity contribution in [1.82, 2.24) is 5.32 Å². The van der Waals surface area contributed by atoms with Gasteiger partial charge in [0.25, 0.3) is 5.91 Å². The summed E-state index contributed by atoms with van der Waals surface area (Å²) in [5.41, 5.74) is 1.22. The van der Waals surface area contributed by atoms with Crippen molar-refractivity contribution in [3.63, 3.8) is 0 Å². The summed E-state index contributed by atoms with van der Waals surface area (Å²) in [7, 11) is -3.79. The van der Waals surface area contributed by atoms with Crippen LogP contribution in [-0.4, -0.2) is 20.9 Å². The van der Waals surface area contributed by atoms with Crippen LogP contribution in [0.15, 0.2) is 23.1 Å². The highest BCUT2D eigenvalue weighted by Gasteiger charge is 2.20. The number of carbonyl (C=O) groups is 1. The number of rotatable bonds is 5. The summed E-state index contributed by atoms with van der Waals surface area (Å²) < 4.78 is 22.7. The normalized spacial score (nSPS) is 15.7. The summed E-state index contributed by atoms with van der Waals surface area (Å²) in [6.45, 7) is 2.58. The van der Waals surface area contributed by atoms with Gasteiger partial charge in [-0.3, -0.25) is 4.79 Å². The van der Waals surface area contributed by atoms with Crippen molar-refractivity contribution in [2.24, 2.45) is 11.1 Å². The molecule has 1 aromatic rings. The van der Waals surface area contributed by atoms with E-state index in [1.54, 1.807) is 6.07 Å². The molecular formula is C14H20N2O3S. The number of nitrogens with two attached hydrogens (primary N) is 1. The smallest absolute Gasteiger partial charge is 0.251 e. The molecule has 1 aliphatic carbocycles. The minimum atomic E-state index is -3.79. The van der Waals surface area contributed by atoms with Crippen LogP contribution in [0.5, 0.6) is 0 Å². The van der Waals surface area contributed by atoms with Crippen LogP contribution in [-0.2, 0) is 16.4 Å². The second-order valence-electron chi connectivity index (χ2n) is 5.22. The second kappa shape index (κ2) is 5.93. The summed E-state index contributed by atoms with van der Waals surface area (Å²) in [5, 5.41) is 7.99. The van der Waals surface area contributed by atoms with Crippen LogP contribution in [0.4, 0.5) is 0 Å². The van der Waals surface area contributed by atoms with Crippen LogP contribution in [0.25, 0.3) is 0 Å². The number of hydrogen-bond acceptors (Lipinski definition) is 3. The van der Waals surface area contributed by atoms with E-state index >= 15 is 0 Å². The quantitative estimate of drug-likeness (QED) is 0.861. The van der Waals surface area contributed by atoms with Crippen molar-refractivity contribution in [3.8, 4) is 0 Å². The zero-order valence-corrected chi connectivity index (χ0v) is 12.4. The Balaban J connectivity index is 2.20. The minimum absolute atomic E-state index is 0.0245. The van der Waals surface area contributed by atoms with Crippen LogP contribution >= 0.6 is 0 Å². The van der Waals surface area contributed by atoms with E-state index in [-0.39, 0.29) is 10.8 Å². The lowest BCUT2D eigenvalue weighted by atomic mass is 9.85. The molecule has 0 bridgehead atoms. The molecule has 1 fully saturated rings. The van der Waals surface area contributed by atoms with Crippen LogP contribution in [0.1, 0.15) is 42.1 Å². The van der Waals surface area contributed by atoms with Gasteiger partial charge in [0.05, 0.1) is 4.90 Å². The molecule has 6 heteroatoms. The van der Waals surface area contributed by atoms with E-state index in [0.717, 1.165) is 18.4 Å². The Morgan fingerprint density at radius 3 is 2.60 bits per heavy atom. The van der Waals surface area contributed by atoms with E-state index in [2.05, 4.69) is 5.32 Å². The summed E-state index contributed by atoms with van der Waals surface area (Å²) in [4.78, 5) is 12.2. The largest absolute Gasteiger partial charge is 0.352 e. The van der Waals surface area contributed by atoms with Gasteiger partial charge in [0, 0.05) is 12.1 Å². The lowest BCUT2D eigenvalue weighted by Gasteiger charge is -2.25. The van der Waals surface area contributed by atoms with Crippen molar-refractivity contribution in [3.05, 3.63) is 29.3 Å². The first kappa shape index (κ1) is 15.0. The number of nitrogens with one attached hydrogen (secondary N) is 1. The van der Waals surface area contributed by atoms with E-state index in [9.17, 15) is 13.2 Å². The number of primary sulfonamides is 1. The van der Waals surface area contributed by atoms with Crippen LogP contribution in [0, 0.1) is 5.92 Å². The maximum Gasteiger partial charge on any atom is 0.251 e. The van der Waals surface area contributed by atoms with Crippen molar-refractivity contribution in [2.45, 2.75) is 37.5 Å². The Kier molecular flexibility index (Phi) is 4.45. The molecular weight excluding hydrogens is 276 g/mol. The highest BCUT2D eigenvalue weighted by molar-refractivity contribution is 7.89. The molecule has 0 unspecified atom stereocenters. The standard InChI is InChI=1S/C14H20N2O3S/c1-2-11-6-7-12(20(15,18)19)8-13(11)14(17)16-9-10-4-3-5-10/h6-8,10H,2-5,9H2,1H3,(H,16,17)(H2,15,18,19). The Bertz CT molecular complexity index is 607. The van der Waals surface area contributed by atoms with Crippen molar-refractivity contribution in [2.75, 3.05) is 6.54 Å². The van der Waals surface area contributed by atoms with Gasteiger partial charge in [-0.15, -0.1) is 0 Å². The molecule has 0 aliphatic heterocycles. The lowest BCUT2D eigenvalue weighted by Crippen LogP contribution is -2.32. The van der Waals surface area contributed by atoms with Crippen LogP contribution < -0.4 is 10.5 Å².